The van der Waals surface area contributed by atoms with E-state index in [0.29, 0.717) is 24.1 Å². The first kappa shape index (κ1) is 15.5. The van der Waals surface area contributed by atoms with E-state index in [4.69, 9.17) is 9.84 Å². The molecule has 1 amide bonds. The van der Waals surface area contributed by atoms with Crippen LogP contribution in [0.3, 0.4) is 0 Å². The fraction of sp³-hybridized carbons (Fsp3) is 0.500. The van der Waals surface area contributed by atoms with E-state index in [9.17, 15) is 4.79 Å². The maximum absolute atomic E-state index is 12.5. The van der Waals surface area contributed by atoms with E-state index in [-0.39, 0.29) is 18.6 Å². The molecule has 2 heterocycles. The Bertz CT molecular complexity index is 542. The van der Waals surface area contributed by atoms with Gasteiger partial charge in [0.2, 0.25) is 0 Å². The first-order valence-electron chi connectivity index (χ1n) is 7.13. The van der Waals surface area contributed by atoms with Gasteiger partial charge in [-0.2, -0.15) is 0 Å². The molecular weight excluding hydrogens is 268 g/mol. The van der Waals surface area contributed by atoms with Crippen molar-refractivity contribution >= 4 is 5.91 Å². The average molecular weight is 288 g/mol. The minimum Gasteiger partial charge on any atom is -0.395 e. The second-order valence-electron chi connectivity index (χ2n) is 5.02. The predicted molar refractivity (Wildman–Crippen MR) is 78.8 cm³/mol. The Balaban J connectivity index is 2.09. The summed E-state index contributed by atoms with van der Waals surface area (Å²) in [6.45, 7) is 1.37. The lowest BCUT2D eigenvalue weighted by Gasteiger charge is -2.21. The molecule has 0 aromatic carbocycles. The Labute approximate surface area is 124 Å². The SMILES string of the molecule is CN(CC1CCCO1)C(=O)c1ccncc1C#CCCO. The number of hydrogen-bond acceptors (Lipinski definition) is 4. The summed E-state index contributed by atoms with van der Waals surface area (Å²) in [5.41, 5.74) is 1.13. The first-order chi connectivity index (χ1) is 10.2. The maximum Gasteiger partial charge on any atom is 0.255 e. The highest BCUT2D eigenvalue weighted by atomic mass is 16.5. The summed E-state index contributed by atoms with van der Waals surface area (Å²) in [6, 6.07) is 1.68. The Hall–Kier alpha value is -1.90. The van der Waals surface area contributed by atoms with Crippen molar-refractivity contribution in [2.45, 2.75) is 25.4 Å². The first-order valence-corrected chi connectivity index (χ1v) is 7.13. The molecule has 0 aliphatic carbocycles. The fourth-order valence-corrected chi connectivity index (χ4v) is 2.28. The quantitative estimate of drug-likeness (QED) is 0.842. The summed E-state index contributed by atoms with van der Waals surface area (Å²) in [5, 5.41) is 8.76. The molecule has 5 heteroatoms. The van der Waals surface area contributed by atoms with Crippen LogP contribution in [0.15, 0.2) is 18.5 Å². The molecule has 2 rings (SSSR count). The number of likely N-dealkylation sites (N-methyl/N-ethyl adjacent to an activating group) is 1. The van der Waals surface area contributed by atoms with Crippen molar-refractivity contribution in [1.82, 2.24) is 9.88 Å². The zero-order valence-corrected chi connectivity index (χ0v) is 12.2. The van der Waals surface area contributed by atoms with Crippen molar-refractivity contribution in [3.63, 3.8) is 0 Å². The number of carbonyl (C=O) groups is 1. The van der Waals surface area contributed by atoms with Gasteiger partial charge in [0.15, 0.2) is 0 Å². The lowest BCUT2D eigenvalue weighted by Crippen LogP contribution is -2.34. The molecule has 0 radical (unpaired) electrons. The molecule has 1 aliphatic rings. The van der Waals surface area contributed by atoms with Crippen molar-refractivity contribution in [2.24, 2.45) is 0 Å². The molecule has 5 nitrogen and oxygen atoms in total. The molecule has 1 atom stereocenters. The number of rotatable bonds is 4. The number of pyridine rings is 1. The van der Waals surface area contributed by atoms with E-state index in [0.717, 1.165) is 19.4 Å². The molecule has 112 valence electrons. The highest BCUT2D eigenvalue weighted by molar-refractivity contribution is 5.96. The second kappa shape index (κ2) is 7.77. The van der Waals surface area contributed by atoms with Crippen LogP contribution in [0, 0.1) is 11.8 Å². The minimum atomic E-state index is -0.0822. The van der Waals surface area contributed by atoms with Crippen LogP contribution in [0.1, 0.15) is 35.2 Å². The Kier molecular flexibility index (Phi) is 5.73. The van der Waals surface area contributed by atoms with Gasteiger partial charge in [0.25, 0.3) is 5.91 Å². The van der Waals surface area contributed by atoms with Gasteiger partial charge in [0.1, 0.15) is 0 Å². The van der Waals surface area contributed by atoms with Crippen LogP contribution in [0.2, 0.25) is 0 Å². The number of hydrogen-bond donors (Lipinski definition) is 1. The van der Waals surface area contributed by atoms with Gasteiger partial charge in [-0.05, 0) is 18.9 Å². The van der Waals surface area contributed by atoms with Crippen LogP contribution in [0.5, 0.6) is 0 Å². The molecule has 0 bridgehead atoms. The lowest BCUT2D eigenvalue weighted by atomic mass is 10.1. The van der Waals surface area contributed by atoms with E-state index >= 15 is 0 Å². The van der Waals surface area contributed by atoms with E-state index in [1.165, 1.54) is 0 Å². The normalized spacial score (nSPS) is 17.1. The van der Waals surface area contributed by atoms with Gasteiger partial charge in [0.05, 0.1) is 23.8 Å². The van der Waals surface area contributed by atoms with Gasteiger partial charge < -0.3 is 14.7 Å². The van der Waals surface area contributed by atoms with Crippen LogP contribution in [0.4, 0.5) is 0 Å². The third-order valence-corrected chi connectivity index (χ3v) is 3.36. The van der Waals surface area contributed by atoms with Crippen molar-refractivity contribution in [3.05, 3.63) is 29.6 Å². The van der Waals surface area contributed by atoms with Crippen LogP contribution in [-0.2, 0) is 4.74 Å². The Morgan fingerprint density at radius 3 is 3.19 bits per heavy atom. The maximum atomic E-state index is 12.5. The fourth-order valence-electron chi connectivity index (χ4n) is 2.28. The number of carbonyl (C=O) groups excluding carboxylic acids is 1. The number of aliphatic hydroxyl groups is 1. The Morgan fingerprint density at radius 2 is 2.48 bits per heavy atom. The number of ether oxygens (including phenoxy) is 1. The van der Waals surface area contributed by atoms with Crippen LogP contribution in [0.25, 0.3) is 0 Å². The summed E-state index contributed by atoms with van der Waals surface area (Å²) in [4.78, 5) is 18.2. The predicted octanol–water partition coefficient (Wildman–Crippen LogP) is 1.07. The molecule has 21 heavy (non-hydrogen) atoms. The van der Waals surface area contributed by atoms with Gasteiger partial charge >= 0.3 is 0 Å². The highest BCUT2D eigenvalue weighted by Crippen LogP contribution is 2.15. The summed E-state index contributed by atoms with van der Waals surface area (Å²) >= 11 is 0. The summed E-state index contributed by atoms with van der Waals surface area (Å²) in [7, 11) is 1.77. The molecule has 1 fully saturated rings. The number of nitrogens with zero attached hydrogens (tertiary/aromatic N) is 2. The highest BCUT2D eigenvalue weighted by Gasteiger charge is 2.21. The Morgan fingerprint density at radius 1 is 1.62 bits per heavy atom. The molecule has 1 N–H and O–H groups in total. The molecular formula is C16H20N2O3. The van der Waals surface area contributed by atoms with Crippen molar-refractivity contribution in [2.75, 3.05) is 26.8 Å². The van der Waals surface area contributed by atoms with E-state index in [1.54, 1.807) is 30.4 Å². The average Bonchev–Trinajstić information content (AvgIpc) is 3.00. The van der Waals surface area contributed by atoms with Crippen LogP contribution in [-0.4, -0.2) is 53.8 Å². The standard InChI is InChI=1S/C16H20N2O3/c1-18(12-14-6-4-10-21-14)16(20)15-7-8-17-11-13(15)5-2-3-9-19/h7-8,11,14,19H,3-4,6,9-10,12H2,1H3. The zero-order chi connectivity index (χ0) is 15.1. The molecule has 1 aromatic rings. The molecule has 1 aromatic heterocycles. The van der Waals surface area contributed by atoms with E-state index in [2.05, 4.69) is 16.8 Å². The number of amides is 1. The van der Waals surface area contributed by atoms with E-state index in [1.807, 2.05) is 0 Å². The van der Waals surface area contributed by atoms with Crippen molar-refractivity contribution in [3.8, 4) is 11.8 Å². The number of aromatic nitrogens is 1. The van der Waals surface area contributed by atoms with Gasteiger partial charge in [-0.15, -0.1) is 0 Å². The van der Waals surface area contributed by atoms with Crippen molar-refractivity contribution in [1.29, 1.82) is 0 Å². The summed E-state index contributed by atoms with van der Waals surface area (Å²) < 4.78 is 5.56. The topological polar surface area (TPSA) is 62.7 Å². The minimum absolute atomic E-state index is 0.00939. The third kappa shape index (κ3) is 4.28. The molecule has 1 saturated heterocycles. The second-order valence-corrected chi connectivity index (χ2v) is 5.02. The van der Waals surface area contributed by atoms with Gasteiger partial charge in [-0.25, -0.2) is 0 Å². The number of aliphatic hydroxyl groups excluding tert-OH is 1. The molecule has 1 aliphatic heterocycles. The van der Waals surface area contributed by atoms with E-state index < -0.39 is 0 Å². The van der Waals surface area contributed by atoms with Crippen LogP contribution < -0.4 is 0 Å². The lowest BCUT2D eigenvalue weighted by molar-refractivity contribution is 0.0587. The molecule has 0 spiro atoms. The van der Waals surface area contributed by atoms with Gasteiger partial charge in [-0.1, -0.05) is 11.8 Å². The molecule has 0 saturated carbocycles. The van der Waals surface area contributed by atoms with Crippen LogP contribution >= 0.6 is 0 Å². The third-order valence-electron chi connectivity index (χ3n) is 3.36. The zero-order valence-electron chi connectivity index (χ0n) is 12.2. The monoisotopic (exact) mass is 288 g/mol. The van der Waals surface area contributed by atoms with Gasteiger partial charge in [-0.3, -0.25) is 9.78 Å². The summed E-state index contributed by atoms with van der Waals surface area (Å²) in [5.74, 6) is 5.63. The molecule has 1 unspecified atom stereocenters. The van der Waals surface area contributed by atoms with Gasteiger partial charge in [0, 0.05) is 39.0 Å². The smallest absolute Gasteiger partial charge is 0.255 e. The van der Waals surface area contributed by atoms with Crippen molar-refractivity contribution < 1.29 is 14.6 Å². The summed E-state index contributed by atoms with van der Waals surface area (Å²) in [6.07, 6.45) is 5.73. The largest absolute Gasteiger partial charge is 0.395 e.